The van der Waals surface area contributed by atoms with E-state index in [1.54, 1.807) is 13.4 Å². The first-order chi connectivity index (χ1) is 9.35. The van der Waals surface area contributed by atoms with Crippen LogP contribution in [0.1, 0.15) is 24.3 Å². The molecule has 4 heteroatoms. The van der Waals surface area contributed by atoms with Gasteiger partial charge < -0.3 is 10.1 Å². The lowest BCUT2D eigenvalue weighted by molar-refractivity contribution is 0.373. The molecule has 0 bridgehead atoms. The van der Waals surface area contributed by atoms with Gasteiger partial charge in [0, 0.05) is 6.04 Å². The van der Waals surface area contributed by atoms with Gasteiger partial charge >= 0.3 is 0 Å². The quantitative estimate of drug-likeness (QED) is 0.912. The van der Waals surface area contributed by atoms with E-state index < -0.39 is 0 Å². The highest BCUT2D eigenvalue weighted by Crippen LogP contribution is 2.38. The number of hydrogen-bond donors (Lipinski definition) is 1. The fourth-order valence-corrected chi connectivity index (χ4v) is 2.49. The number of anilines is 1. The summed E-state index contributed by atoms with van der Waals surface area (Å²) in [5.41, 5.74) is 2.39. The zero-order chi connectivity index (χ0) is 13.1. The van der Waals surface area contributed by atoms with Crippen molar-refractivity contribution in [2.24, 2.45) is 0 Å². The van der Waals surface area contributed by atoms with Gasteiger partial charge in [-0.15, -0.1) is 0 Å². The Morgan fingerprint density at radius 3 is 2.42 bits per heavy atom. The van der Waals surface area contributed by atoms with Crippen LogP contribution in [-0.2, 0) is 0 Å². The lowest BCUT2D eigenvalue weighted by atomic mass is 9.76. The Morgan fingerprint density at radius 2 is 1.79 bits per heavy atom. The first kappa shape index (κ1) is 12.0. The van der Waals surface area contributed by atoms with E-state index in [0.29, 0.717) is 12.0 Å². The summed E-state index contributed by atoms with van der Waals surface area (Å²) in [6.45, 7) is 0. The third kappa shape index (κ3) is 2.67. The molecule has 1 N–H and O–H groups in total. The molecule has 1 aromatic carbocycles. The second-order valence-corrected chi connectivity index (χ2v) is 4.91. The van der Waals surface area contributed by atoms with Crippen LogP contribution in [0.2, 0.25) is 0 Å². The van der Waals surface area contributed by atoms with Crippen LogP contribution >= 0.6 is 0 Å². The summed E-state index contributed by atoms with van der Waals surface area (Å²) in [7, 11) is 1.69. The van der Waals surface area contributed by atoms with E-state index in [-0.39, 0.29) is 0 Å². The van der Waals surface area contributed by atoms with Crippen molar-refractivity contribution in [1.82, 2.24) is 9.97 Å². The fraction of sp³-hybridized carbons (Fsp3) is 0.333. The summed E-state index contributed by atoms with van der Waals surface area (Å²) in [4.78, 5) is 8.01. The van der Waals surface area contributed by atoms with Crippen molar-refractivity contribution >= 4 is 5.69 Å². The van der Waals surface area contributed by atoms with Crippen LogP contribution in [0.25, 0.3) is 0 Å². The molecule has 0 unspecified atom stereocenters. The predicted octanol–water partition coefficient (Wildman–Crippen LogP) is 2.84. The average Bonchev–Trinajstić information content (AvgIpc) is 2.44. The second kappa shape index (κ2) is 5.26. The Morgan fingerprint density at radius 1 is 1.11 bits per heavy atom. The molecule has 19 heavy (non-hydrogen) atoms. The zero-order valence-corrected chi connectivity index (χ0v) is 10.9. The number of rotatable bonds is 4. The molecule has 1 aliphatic rings. The van der Waals surface area contributed by atoms with Gasteiger partial charge in [-0.3, -0.25) is 0 Å². The number of ether oxygens (including phenoxy) is 1. The van der Waals surface area contributed by atoms with Gasteiger partial charge in [0.15, 0.2) is 0 Å². The van der Waals surface area contributed by atoms with Crippen molar-refractivity contribution in [1.29, 1.82) is 0 Å². The Kier molecular flexibility index (Phi) is 3.31. The summed E-state index contributed by atoms with van der Waals surface area (Å²) < 4.78 is 5.17. The van der Waals surface area contributed by atoms with Gasteiger partial charge in [0.1, 0.15) is 12.1 Å². The third-order valence-electron chi connectivity index (χ3n) is 3.66. The van der Waals surface area contributed by atoms with E-state index in [2.05, 4.69) is 27.4 Å². The molecule has 1 heterocycles. The normalized spacial score (nSPS) is 21.5. The summed E-state index contributed by atoms with van der Waals surface area (Å²) in [5, 5.41) is 3.45. The van der Waals surface area contributed by atoms with E-state index in [4.69, 9.17) is 4.74 Å². The molecule has 0 spiro atoms. The van der Waals surface area contributed by atoms with Gasteiger partial charge in [0.05, 0.1) is 25.2 Å². The van der Waals surface area contributed by atoms with Crippen LogP contribution in [0.3, 0.4) is 0 Å². The monoisotopic (exact) mass is 255 g/mol. The number of aromatic nitrogens is 2. The smallest absolute Gasteiger partial charge is 0.118 e. The molecular formula is C15H17N3O. The molecule has 0 atom stereocenters. The molecular weight excluding hydrogens is 238 g/mol. The number of nitrogens with zero attached hydrogens (tertiary/aromatic N) is 2. The standard InChI is InChI=1S/C15H17N3O/c1-19-15-4-2-11(3-5-15)12-6-13(7-12)18-14-8-16-10-17-9-14/h2-5,8-10,12-13,18H,6-7H2,1H3. The second-order valence-electron chi connectivity index (χ2n) is 4.91. The molecule has 1 saturated carbocycles. The lowest BCUT2D eigenvalue weighted by Gasteiger charge is -2.36. The number of hydrogen-bond acceptors (Lipinski definition) is 4. The molecule has 1 fully saturated rings. The molecule has 0 radical (unpaired) electrons. The number of methoxy groups -OCH3 is 1. The Labute approximate surface area is 112 Å². The Bertz CT molecular complexity index is 521. The minimum atomic E-state index is 0.526. The minimum Gasteiger partial charge on any atom is -0.497 e. The van der Waals surface area contributed by atoms with Gasteiger partial charge in [-0.25, -0.2) is 9.97 Å². The lowest BCUT2D eigenvalue weighted by Crippen LogP contribution is -2.34. The first-order valence-electron chi connectivity index (χ1n) is 6.50. The van der Waals surface area contributed by atoms with E-state index in [1.807, 2.05) is 24.5 Å². The van der Waals surface area contributed by atoms with Crippen molar-refractivity contribution in [3.8, 4) is 5.75 Å². The van der Waals surface area contributed by atoms with Crippen LogP contribution in [-0.4, -0.2) is 23.1 Å². The van der Waals surface area contributed by atoms with Gasteiger partial charge in [-0.2, -0.15) is 0 Å². The van der Waals surface area contributed by atoms with E-state index in [9.17, 15) is 0 Å². The molecule has 0 saturated heterocycles. The summed E-state index contributed by atoms with van der Waals surface area (Å²) in [6, 6.07) is 8.90. The van der Waals surface area contributed by atoms with Crippen LogP contribution < -0.4 is 10.1 Å². The SMILES string of the molecule is COc1ccc(C2CC(Nc3cncnc3)C2)cc1. The predicted molar refractivity (Wildman–Crippen MR) is 74.4 cm³/mol. The molecule has 2 aromatic rings. The van der Waals surface area contributed by atoms with Crippen molar-refractivity contribution < 1.29 is 4.74 Å². The van der Waals surface area contributed by atoms with Crippen LogP contribution in [0.15, 0.2) is 43.0 Å². The van der Waals surface area contributed by atoms with Crippen molar-refractivity contribution in [2.45, 2.75) is 24.8 Å². The highest BCUT2D eigenvalue weighted by atomic mass is 16.5. The fourth-order valence-electron chi connectivity index (χ4n) is 2.49. The maximum absolute atomic E-state index is 5.17. The van der Waals surface area contributed by atoms with E-state index in [0.717, 1.165) is 24.3 Å². The molecule has 0 amide bonds. The number of benzene rings is 1. The molecule has 98 valence electrons. The van der Waals surface area contributed by atoms with Gasteiger partial charge in [0.2, 0.25) is 0 Å². The van der Waals surface area contributed by atoms with Crippen LogP contribution in [0.4, 0.5) is 5.69 Å². The van der Waals surface area contributed by atoms with Gasteiger partial charge in [-0.05, 0) is 36.5 Å². The molecule has 3 rings (SSSR count). The molecule has 0 aliphatic heterocycles. The van der Waals surface area contributed by atoms with E-state index >= 15 is 0 Å². The first-order valence-corrected chi connectivity index (χ1v) is 6.50. The molecule has 4 nitrogen and oxygen atoms in total. The summed E-state index contributed by atoms with van der Waals surface area (Å²) in [6.07, 6.45) is 7.48. The summed E-state index contributed by atoms with van der Waals surface area (Å²) in [5.74, 6) is 1.56. The maximum Gasteiger partial charge on any atom is 0.118 e. The minimum absolute atomic E-state index is 0.526. The number of nitrogens with one attached hydrogen (secondary N) is 1. The Hall–Kier alpha value is -2.10. The highest BCUT2D eigenvalue weighted by Gasteiger charge is 2.30. The summed E-state index contributed by atoms with van der Waals surface area (Å²) >= 11 is 0. The largest absolute Gasteiger partial charge is 0.497 e. The van der Waals surface area contributed by atoms with Crippen molar-refractivity contribution in [3.05, 3.63) is 48.5 Å². The molecule has 1 aromatic heterocycles. The van der Waals surface area contributed by atoms with Crippen LogP contribution in [0, 0.1) is 0 Å². The van der Waals surface area contributed by atoms with Crippen LogP contribution in [0.5, 0.6) is 5.75 Å². The van der Waals surface area contributed by atoms with Gasteiger partial charge in [0.25, 0.3) is 0 Å². The third-order valence-corrected chi connectivity index (χ3v) is 3.66. The topological polar surface area (TPSA) is 47.0 Å². The van der Waals surface area contributed by atoms with E-state index in [1.165, 1.54) is 5.56 Å². The maximum atomic E-state index is 5.17. The van der Waals surface area contributed by atoms with Crippen molar-refractivity contribution in [2.75, 3.05) is 12.4 Å². The Balaban J connectivity index is 1.54. The molecule has 1 aliphatic carbocycles. The van der Waals surface area contributed by atoms with Gasteiger partial charge in [-0.1, -0.05) is 12.1 Å². The van der Waals surface area contributed by atoms with Crippen molar-refractivity contribution in [3.63, 3.8) is 0 Å². The zero-order valence-electron chi connectivity index (χ0n) is 10.9. The highest BCUT2D eigenvalue weighted by molar-refractivity contribution is 5.40. The average molecular weight is 255 g/mol.